The summed E-state index contributed by atoms with van der Waals surface area (Å²) in [6.45, 7) is 7.46. The third-order valence-electron chi connectivity index (χ3n) is 8.90. The molecule has 3 heteroatoms. The van der Waals surface area contributed by atoms with Gasteiger partial charge in [0.15, 0.2) is 0 Å². The van der Waals surface area contributed by atoms with Gasteiger partial charge in [0.2, 0.25) is 0 Å². The summed E-state index contributed by atoms with van der Waals surface area (Å²) in [5.41, 5.74) is 3.10. The number of hydrogen-bond acceptors (Lipinski definition) is 2. The number of para-hydroxylation sites is 1. The molecule has 0 amide bonds. The van der Waals surface area contributed by atoms with E-state index in [2.05, 4.69) is 179 Å². The van der Waals surface area contributed by atoms with Crippen LogP contribution in [0.25, 0.3) is 0 Å². The molecule has 1 atom stereocenters. The van der Waals surface area contributed by atoms with Crippen molar-refractivity contribution in [1.82, 2.24) is 0 Å². The minimum atomic E-state index is -2.80. The quantitative estimate of drug-likeness (QED) is 0.0913. The van der Waals surface area contributed by atoms with Gasteiger partial charge in [0.25, 0.3) is 8.32 Å². The fourth-order valence-electron chi connectivity index (χ4n) is 6.79. The monoisotopic (exact) mass is 594 g/mol. The third-order valence-corrected chi connectivity index (χ3v) is 14.0. The summed E-state index contributed by atoms with van der Waals surface area (Å²) < 4.78 is 14.7. The van der Waals surface area contributed by atoms with E-state index < -0.39 is 13.9 Å². The molecule has 6 rings (SSSR count). The van der Waals surface area contributed by atoms with E-state index in [0.717, 1.165) is 24.2 Å². The zero-order chi connectivity index (χ0) is 30.5. The molecule has 0 radical (unpaired) electrons. The molecule has 1 aliphatic rings. The van der Waals surface area contributed by atoms with E-state index in [1.165, 1.54) is 21.5 Å². The van der Waals surface area contributed by atoms with Crippen LogP contribution in [0.15, 0.2) is 158 Å². The molecular weight excluding hydrogens is 553 g/mol. The van der Waals surface area contributed by atoms with Crippen LogP contribution in [0.4, 0.5) is 0 Å². The number of hydrogen-bond donors (Lipinski definition) is 0. The van der Waals surface area contributed by atoms with Crippen LogP contribution in [0.3, 0.4) is 0 Å². The molecule has 5 aromatic carbocycles. The fraction of sp³-hybridized carbons (Fsp3) is 0.220. The second kappa shape index (κ2) is 12.8. The van der Waals surface area contributed by atoms with Crippen LogP contribution >= 0.6 is 0 Å². The van der Waals surface area contributed by atoms with Gasteiger partial charge in [-0.1, -0.05) is 172 Å². The van der Waals surface area contributed by atoms with Gasteiger partial charge in [0.05, 0.1) is 0 Å². The number of rotatable bonds is 10. The lowest BCUT2D eigenvalue weighted by molar-refractivity contribution is 0.0516. The Hall–Kier alpha value is -4.18. The van der Waals surface area contributed by atoms with Gasteiger partial charge in [-0.2, -0.15) is 0 Å². The molecule has 222 valence electrons. The summed E-state index contributed by atoms with van der Waals surface area (Å²) in [4.78, 5) is 0. The molecule has 0 N–H and O–H groups in total. The molecule has 0 heterocycles. The molecule has 1 unspecified atom stereocenters. The van der Waals surface area contributed by atoms with Crippen molar-refractivity contribution >= 4 is 18.7 Å². The van der Waals surface area contributed by atoms with Gasteiger partial charge < -0.3 is 9.16 Å². The Kier molecular flexibility index (Phi) is 8.70. The molecule has 1 aliphatic carbocycles. The summed E-state index contributed by atoms with van der Waals surface area (Å²) >= 11 is 0. The lowest BCUT2D eigenvalue weighted by Gasteiger charge is -2.48. The van der Waals surface area contributed by atoms with E-state index >= 15 is 0 Å². The Balaban J connectivity index is 1.40. The molecule has 44 heavy (non-hydrogen) atoms. The Bertz CT molecular complexity index is 1580. The highest BCUT2D eigenvalue weighted by Crippen LogP contribution is 2.43. The van der Waals surface area contributed by atoms with Crippen molar-refractivity contribution < 1.29 is 9.16 Å². The first kappa shape index (κ1) is 29.9. The van der Waals surface area contributed by atoms with Crippen molar-refractivity contribution in [2.75, 3.05) is 6.61 Å². The van der Waals surface area contributed by atoms with Gasteiger partial charge in [-0.3, -0.25) is 0 Å². The van der Waals surface area contributed by atoms with Crippen molar-refractivity contribution in [3.05, 3.63) is 174 Å². The maximum Gasteiger partial charge on any atom is 0.262 e. The summed E-state index contributed by atoms with van der Waals surface area (Å²) in [5.74, 6) is 0.956. The molecule has 5 aromatic rings. The highest BCUT2D eigenvalue weighted by atomic mass is 28.4. The van der Waals surface area contributed by atoms with E-state index in [0.29, 0.717) is 6.61 Å². The first-order valence-electron chi connectivity index (χ1n) is 15.7. The lowest BCUT2D eigenvalue weighted by Crippen LogP contribution is -2.69. The summed E-state index contributed by atoms with van der Waals surface area (Å²) in [7, 11) is -2.80. The minimum Gasteiger partial charge on any atom is -0.490 e. The van der Waals surface area contributed by atoms with Crippen molar-refractivity contribution in [3.63, 3.8) is 0 Å². The van der Waals surface area contributed by atoms with Crippen LogP contribution in [-0.2, 0) is 4.43 Å². The molecule has 0 spiro atoms. The average Bonchev–Trinajstić information content (AvgIpc) is 3.53. The van der Waals surface area contributed by atoms with Gasteiger partial charge in [-0.25, -0.2) is 0 Å². The molecule has 0 saturated carbocycles. The summed E-state index contributed by atoms with van der Waals surface area (Å²) in [6.07, 6.45) is 6.41. The van der Waals surface area contributed by atoms with Crippen LogP contribution in [0, 0.1) is 0 Å². The average molecular weight is 595 g/mol. The lowest BCUT2D eigenvalue weighted by atomic mass is 9.85. The summed E-state index contributed by atoms with van der Waals surface area (Å²) in [5, 5.41) is 2.45. The van der Waals surface area contributed by atoms with E-state index in [1.807, 2.05) is 0 Å². The van der Waals surface area contributed by atoms with Crippen molar-refractivity contribution in [2.45, 2.75) is 50.2 Å². The summed E-state index contributed by atoms with van der Waals surface area (Å²) in [6, 6.07) is 51.8. The smallest absolute Gasteiger partial charge is 0.262 e. The maximum atomic E-state index is 7.74. The van der Waals surface area contributed by atoms with Crippen LogP contribution < -0.4 is 15.1 Å². The molecular formula is C41H42O2Si. The van der Waals surface area contributed by atoms with Crippen molar-refractivity contribution in [2.24, 2.45) is 0 Å². The first-order valence-corrected chi connectivity index (χ1v) is 17.6. The Morgan fingerprint density at radius 1 is 0.636 bits per heavy atom. The molecule has 0 aliphatic heterocycles. The van der Waals surface area contributed by atoms with E-state index in [9.17, 15) is 0 Å². The first-order chi connectivity index (χ1) is 21.4. The highest BCUT2D eigenvalue weighted by molar-refractivity contribution is 6.99. The molecule has 2 nitrogen and oxygen atoms in total. The SMILES string of the molecule is CC(C)(C)[Si](OC1(COc2ccccc2C(c2ccccc2)c2ccccc2)C=CCC1)(c1ccccc1)c1ccccc1. The van der Waals surface area contributed by atoms with Crippen LogP contribution in [0.5, 0.6) is 5.75 Å². The molecule has 0 bridgehead atoms. The Morgan fingerprint density at radius 2 is 1.11 bits per heavy atom. The van der Waals surface area contributed by atoms with E-state index in [-0.39, 0.29) is 11.0 Å². The van der Waals surface area contributed by atoms with Gasteiger partial charge in [0, 0.05) is 11.5 Å². The minimum absolute atomic E-state index is 0.0567. The molecule has 0 aromatic heterocycles. The number of benzene rings is 5. The third kappa shape index (κ3) is 5.95. The standard InChI is InChI=1S/C41H42O2Si/c1-40(2,3)44(35-24-12-6-13-25-35,36-26-14-7-15-27-36)43-41(30-18-19-31-41)32-42-38-29-17-16-28-37(38)39(33-20-8-4-9-21-33)34-22-10-5-11-23-34/h4-18,20-30,39H,19,31-32H2,1-3H3. The predicted octanol–water partition coefficient (Wildman–Crippen LogP) is 8.91. The number of allylic oxidation sites excluding steroid dienone is 1. The molecule has 0 saturated heterocycles. The van der Waals surface area contributed by atoms with Gasteiger partial charge in [-0.15, -0.1) is 0 Å². The van der Waals surface area contributed by atoms with Gasteiger partial charge in [0.1, 0.15) is 18.0 Å². The second-order valence-corrected chi connectivity index (χ2v) is 17.1. The number of ether oxygens (including phenoxy) is 1. The largest absolute Gasteiger partial charge is 0.490 e. The predicted molar refractivity (Wildman–Crippen MR) is 186 cm³/mol. The van der Waals surface area contributed by atoms with Crippen molar-refractivity contribution in [3.8, 4) is 5.75 Å². The Morgan fingerprint density at radius 3 is 1.59 bits per heavy atom. The normalized spacial score (nSPS) is 16.7. The van der Waals surface area contributed by atoms with Crippen LogP contribution in [-0.4, -0.2) is 20.5 Å². The van der Waals surface area contributed by atoms with Gasteiger partial charge in [-0.05, 0) is 45.4 Å². The van der Waals surface area contributed by atoms with Gasteiger partial charge >= 0.3 is 0 Å². The van der Waals surface area contributed by atoms with Crippen LogP contribution in [0.2, 0.25) is 5.04 Å². The van der Waals surface area contributed by atoms with E-state index in [4.69, 9.17) is 9.16 Å². The fourth-order valence-corrected chi connectivity index (χ4v) is 11.6. The second-order valence-electron chi connectivity index (χ2n) is 12.9. The molecule has 0 fully saturated rings. The van der Waals surface area contributed by atoms with E-state index in [1.54, 1.807) is 0 Å². The zero-order valence-corrected chi connectivity index (χ0v) is 27.0. The maximum absolute atomic E-state index is 7.74. The topological polar surface area (TPSA) is 18.5 Å². The van der Waals surface area contributed by atoms with Crippen molar-refractivity contribution in [1.29, 1.82) is 0 Å². The van der Waals surface area contributed by atoms with Crippen LogP contribution in [0.1, 0.15) is 56.2 Å². The Labute approximate surface area is 264 Å². The zero-order valence-electron chi connectivity index (χ0n) is 26.0. The highest BCUT2D eigenvalue weighted by Gasteiger charge is 2.54.